The highest BCUT2D eigenvalue weighted by molar-refractivity contribution is 8.00. The Kier molecular flexibility index (Phi) is 6.36. The summed E-state index contributed by atoms with van der Waals surface area (Å²) in [6.45, 7) is 4.11. The van der Waals surface area contributed by atoms with E-state index in [2.05, 4.69) is 18.3 Å². The standard InChI is InChI=1S/C22H27N3O3S2/c1-17-11-14-25(20-9-2-3-10-21(20)29-17)22(26)16-23-18-7-6-8-19(15-18)30(27,28)24-12-4-5-13-24/h2-3,6-10,15,17,23H,4-5,11-14,16H2,1H3. The third-order valence-corrected chi connectivity index (χ3v) is 8.66. The average molecular weight is 446 g/mol. The van der Waals surface area contributed by atoms with E-state index in [1.165, 1.54) is 4.31 Å². The van der Waals surface area contributed by atoms with Gasteiger partial charge in [0.15, 0.2) is 0 Å². The molecule has 2 aliphatic rings. The lowest BCUT2D eigenvalue weighted by Crippen LogP contribution is -2.36. The predicted octanol–water partition coefficient (Wildman–Crippen LogP) is 3.80. The smallest absolute Gasteiger partial charge is 0.246 e. The Morgan fingerprint density at radius 2 is 1.87 bits per heavy atom. The van der Waals surface area contributed by atoms with Gasteiger partial charge in [-0.15, -0.1) is 11.8 Å². The molecule has 1 saturated heterocycles. The van der Waals surface area contributed by atoms with Crippen LogP contribution in [0.1, 0.15) is 26.2 Å². The van der Waals surface area contributed by atoms with Crippen LogP contribution in [-0.4, -0.2) is 50.1 Å². The van der Waals surface area contributed by atoms with Gasteiger partial charge in [-0.05, 0) is 49.6 Å². The second-order valence-corrected chi connectivity index (χ2v) is 11.1. The summed E-state index contributed by atoms with van der Waals surface area (Å²) in [5, 5.41) is 3.57. The van der Waals surface area contributed by atoms with Crippen molar-refractivity contribution >= 4 is 39.1 Å². The van der Waals surface area contributed by atoms with Crippen LogP contribution in [-0.2, 0) is 14.8 Å². The third-order valence-electron chi connectivity index (χ3n) is 5.53. The third kappa shape index (κ3) is 4.50. The van der Waals surface area contributed by atoms with Gasteiger partial charge in [-0.25, -0.2) is 8.42 Å². The molecule has 0 bridgehead atoms. The number of hydrogen-bond donors (Lipinski definition) is 1. The summed E-state index contributed by atoms with van der Waals surface area (Å²) < 4.78 is 27.1. The molecule has 1 N–H and O–H groups in total. The molecule has 2 aliphatic heterocycles. The highest BCUT2D eigenvalue weighted by Gasteiger charge is 2.27. The van der Waals surface area contributed by atoms with Crippen molar-refractivity contribution in [1.29, 1.82) is 0 Å². The maximum Gasteiger partial charge on any atom is 0.246 e. The number of hydrogen-bond acceptors (Lipinski definition) is 5. The molecule has 2 aromatic rings. The zero-order valence-corrected chi connectivity index (χ0v) is 18.7. The van der Waals surface area contributed by atoms with E-state index in [1.54, 1.807) is 36.0 Å². The minimum Gasteiger partial charge on any atom is -0.376 e. The van der Waals surface area contributed by atoms with Crippen molar-refractivity contribution in [3.05, 3.63) is 48.5 Å². The van der Waals surface area contributed by atoms with Crippen molar-refractivity contribution in [2.24, 2.45) is 0 Å². The van der Waals surface area contributed by atoms with Gasteiger partial charge in [-0.1, -0.05) is 25.1 Å². The normalized spacial score (nSPS) is 19.9. The van der Waals surface area contributed by atoms with Gasteiger partial charge < -0.3 is 10.2 Å². The Balaban J connectivity index is 1.47. The first-order chi connectivity index (χ1) is 14.4. The van der Waals surface area contributed by atoms with Crippen molar-refractivity contribution in [2.75, 3.05) is 36.4 Å². The minimum absolute atomic E-state index is 0.0232. The zero-order valence-electron chi connectivity index (χ0n) is 17.1. The number of thioether (sulfide) groups is 1. The number of para-hydroxylation sites is 1. The zero-order chi connectivity index (χ0) is 21.1. The molecule has 2 aromatic carbocycles. The number of nitrogens with one attached hydrogen (secondary N) is 1. The van der Waals surface area contributed by atoms with Crippen LogP contribution in [0.4, 0.5) is 11.4 Å². The Hall–Kier alpha value is -2.03. The number of anilines is 2. The molecule has 0 aromatic heterocycles. The first kappa shape index (κ1) is 21.2. The first-order valence-corrected chi connectivity index (χ1v) is 12.7. The lowest BCUT2D eigenvalue weighted by Gasteiger charge is -2.23. The van der Waals surface area contributed by atoms with Crippen molar-refractivity contribution < 1.29 is 13.2 Å². The van der Waals surface area contributed by atoms with Crippen LogP contribution in [0.3, 0.4) is 0 Å². The first-order valence-electron chi connectivity index (χ1n) is 10.4. The molecular formula is C22H27N3O3S2. The molecule has 4 rings (SSSR count). The summed E-state index contributed by atoms with van der Waals surface area (Å²) in [6, 6.07) is 14.7. The fourth-order valence-corrected chi connectivity index (χ4v) is 6.54. The van der Waals surface area contributed by atoms with Crippen LogP contribution in [0.2, 0.25) is 0 Å². The number of fused-ring (bicyclic) bond motifs is 1. The van der Waals surface area contributed by atoms with Gasteiger partial charge in [-0.2, -0.15) is 4.31 Å². The summed E-state index contributed by atoms with van der Waals surface area (Å²) in [7, 11) is -3.48. The molecule has 1 fully saturated rings. The van der Waals surface area contributed by atoms with Gasteiger partial charge in [0.1, 0.15) is 0 Å². The average Bonchev–Trinajstić information content (AvgIpc) is 3.24. The second-order valence-electron chi connectivity index (χ2n) is 7.72. The van der Waals surface area contributed by atoms with Crippen LogP contribution >= 0.6 is 11.8 Å². The Labute approximate surface area is 182 Å². The Bertz CT molecular complexity index is 1020. The van der Waals surface area contributed by atoms with Crippen LogP contribution in [0.25, 0.3) is 0 Å². The van der Waals surface area contributed by atoms with Crippen molar-refractivity contribution in [3.8, 4) is 0 Å². The SMILES string of the molecule is CC1CCN(C(=O)CNc2cccc(S(=O)(=O)N3CCCC3)c2)c2ccccc2S1. The summed E-state index contributed by atoms with van der Waals surface area (Å²) in [6.07, 6.45) is 2.73. The van der Waals surface area contributed by atoms with Crippen molar-refractivity contribution in [2.45, 2.75) is 41.2 Å². The summed E-state index contributed by atoms with van der Waals surface area (Å²) in [5.41, 5.74) is 1.58. The molecule has 2 heterocycles. The maximum atomic E-state index is 13.0. The van der Waals surface area contributed by atoms with Gasteiger partial charge in [0, 0.05) is 35.5 Å². The molecule has 8 heteroatoms. The van der Waals surface area contributed by atoms with Crippen LogP contribution in [0.15, 0.2) is 58.3 Å². The molecule has 1 amide bonds. The largest absolute Gasteiger partial charge is 0.376 e. The molecule has 1 unspecified atom stereocenters. The fourth-order valence-electron chi connectivity index (χ4n) is 3.86. The topological polar surface area (TPSA) is 69.7 Å². The molecule has 6 nitrogen and oxygen atoms in total. The van der Waals surface area contributed by atoms with E-state index >= 15 is 0 Å². The van der Waals surface area contributed by atoms with Crippen LogP contribution in [0, 0.1) is 0 Å². The molecule has 0 radical (unpaired) electrons. The highest BCUT2D eigenvalue weighted by atomic mass is 32.2. The molecule has 0 saturated carbocycles. The van der Waals surface area contributed by atoms with E-state index in [-0.39, 0.29) is 17.3 Å². The molecule has 0 spiro atoms. The van der Waals surface area contributed by atoms with Gasteiger partial charge in [-0.3, -0.25) is 4.79 Å². The van der Waals surface area contributed by atoms with Crippen LogP contribution < -0.4 is 10.2 Å². The second kappa shape index (κ2) is 8.99. The Morgan fingerprint density at radius 1 is 1.10 bits per heavy atom. The molecule has 1 atom stereocenters. The van der Waals surface area contributed by atoms with Crippen LogP contribution in [0.5, 0.6) is 0 Å². The molecule has 30 heavy (non-hydrogen) atoms. The van der Waals surface area contributed by atoms with Crippen molar-refractivity contribution in [3.63, 3.8) is 0 Å². The van der Waals surface area contributed by atoms with Crippen molar-refractivity contribution in [1.82, 2.24) is 4.31 Å². The van der Waals surface area contributed by atoms with E-state index in [9.17, 15) is 13.2 Å². The number of carbonyl (C=O) groups is 1. The van der Waals surface area contributed by atoms with E-state index in [1.807, 2.05) is 23.1 Å². The molecule has 160 valence electrons. The lowest BCUT2D eigenvalue weighted by molar-refractivity contribution is -0.117. The minimum atomic E-state index is -3.48. The quantitative estimate of drug-likeness (QED) is 0.758. The number of sulfonamides is 1. The fraction of sp³-hybridized carbons (Fsp3) is 0.409. The van der Waals surface area contributed by atoms with E-state index in [0.717, 1.165) is 29.8 Å². The van der Waals surface area contributed by atoms with Gasteiger partial charge in [0.05, 0.1) is 17.1 Å². The highest BCUT2D eigenvalue weighted by Crippen LogP contribution is 2.37. The number of benzene rings is 2. The summed E-state index contributed by atoms with van der Waals surface area (Å²) >= 11 is 1.80. The number of rotatable bonds is 5. The summed E-state index contributed by atoms with van der Waals surface area (Å²) in [4.78, 5) is 16.2. The summed E-state index contributed by atoms with van der Waals surface area (Å²) in [5.74, 6) is -0.0232. The molecule has 0 aliphatic carbocycles. The predicted molar refractivity (Wildman–Crippen MR) is 122 cm³/mol. The number of amides is 1. The van der Waals surface area contributed by atoms with E-state index in [4.69, 9.17) is 0 Å². The van der Waals surface area contributed by atoms with E-state index < -0.39 is 10.0 Å². The molecular weight excluding hydrogens is 418 g/mol. The van der Waals surface area contributed by atoms with E-state index in [0.29, 0.717) is 30.6 Å². The number of nitrogens with zero attached hydrogens (tertiary/aromatic N) is 2. The number of carbonyl (C=O) groups excluding carboxylic acids is 1. The monoisotopic (exact) mass is 445 g/mol. The maximum absolute atomic E-state index is 13.0. The van der Waals surface area contributed by atoms with Gasteiger partial charge in [0.2, 0.25) is 15.9 Å². The van der Waals surface area contributed by atoms with Gasteiger partial charge >= 0.3 is 0 Å². The Morgan fingerprint density at radius 3 is 2.67 bits per heavy atom. The van der Waals surface area contributed by atoms with Gasteiger partial charge in [0.25, 0.3) is 0 Å². The lowest BCUT2D eigenvalue weighted by atomic mass is 10.2.